The third-order valence-electron chi connectivity index (χ3n) is 4.86. The van der Waals surface area contributed by atoms with E-state index in [1.54, 1.807) is 13.0 Å². The number of ether oxygens (including phenoxy) is 1. The molecule has 146 valence electrons. The Kier molecular flexibility index (Phi) is 5.40. The number of rotatable bonds is 4. The molecule has 3 aromatic rings. The molecule has 0 aliphatic heterocycles. The molecule has 1 heterocycles. The molecule has 0 saturated carbocycles. The summed E-state index contributed by atoms with van der Waals surface area (Å²) in [6.07, 6.45) is -0.756. The highest BCUT2D eigenvalue weighted by Crippen LogP contribution is 2.22. The lowest BCUT2D eigenvalue weighted by Crippen LogP contribution is -2.47. The summed E-state index contributed by atoms with van der Waals surface area (Å²) in [7, 11) is 0. The number of fused-ring (bicyclic) bond motifs is 1. The van der Waals surface area contributed by atoms with Crippen LogP contribution in [-0.2, 0) is 4.79 Å². The Hall–Kier alpha value is -3.28. The van der Waals surface area contributed by atoms with Gasteiger partial charge < -0.3 is 9.72 Å². The first kappa shape index (κ1) is 19.5. The van der Waals surface area contributed by atoms with Crippen LogP contribution in [0.15, 0.2) is 36.4 Å². The fourth-order valence-corrected chi connectivity index (χ4v) is 3.10. The van der Waals surface area contributed by atoms with Gasteiger partial charge in [0.2, 0.25) is 0 Å². The van der Waals surface area contributed by atoms with Crippen molar-refractivity contribution < 1.29 is 14.3 Å². The normalized spacial score (nSPS) is 11.9. The van der Waals surface area contributed by atoms with E-state index in [0.29, 0.717) is 11.4 Å². The number of hydrogen-bond acceptors (Lipinski definition) is 3. The molecule has 6 heteroatoms. The third-order valence-corrected chi connectivity index (χ3v) is 4.86. The molecule has 2 aromatic carbocycles. The lowest BCUT2D eigenvalue weighted by molar-refractivity contribution is -0.128. The van der Waals surface area contributed by atoms with Crippen molar-refractivity contribution in [3.05, 3.63) is 64.3 Å². The monoisotopic (exact) mass is 379 g/mol. The van der Waals surface area contributed by atoms with Crippen LogP contribution < -0.4 is 15.6 Å². The lowest BCUT2D eigenvalue weighted by atomic mass is 10.1. The molecule has 0 bridgehead atoms. The number of benzene rings is 2. The molecule has 6 nitrogen and oxygen atoms in total. The van der Waals surface area contributed by atoms with Crippen molar-refractivity contribution in [2.75, 3.05) is 0 Å². The summed E-state index contributed by atoms with van der Waals surface area (Å²) in [5.74, 6) is -0.201. The summed E-state index contributed by atoms with van der Waals surface area (Å²) in [4.78, 5) is 27.8. The van der Waals surface area contributed by atoms with Gasteiger partial charge in [0.05, 0.1) is 0 Å². The van der Waals surface area contributed by atoms with Crippen LogP contribution >= 0.6 is 0 Å². The predicted octanol–water partition coefficient (Wildman–Crippen LogP) is 3.63. The van der Waals surface area contributed by atoms with Crippen molar-refractivity contribution in [3.63, 3.8) is 0 Å². The Morgan fingerprint density at radius 3 is 2.50 bits per heavy atom. The highest BCUT2D eigenvalue weighted by molar-refractivity contribution is 5.99. The minimum atomic E-state index is -0.756. The number of amides is 2. The highest BCUT2D eigenvalue weighted by Gasteiger charge is 2.18. The average molecular weight is 379 g/mol. The highest BCUT2D eigenvalue weighted by atomic mass is 16.5. The zero-order valence-corrected chi connectivity index (χ0v) is 16.8. The molecule has 1 unspecified atom stereocenters. The number of hydrazine groups is 1. The SMILES string of the molecule is Cc1cc(C)c2cc(C(=O)NNC(=O)C(C)Oc3cccc(C)c3C)[nH]c2c1. The summed E-state index contributed by atoms with van der Waals surface area (Å²) in [6, 6.07) is 11.5. The van der Waals surface area contributed by atoms with E-state index in [9.17, 15) is 9.59 Å². The molecule has 2 amide bonds. The van der Waals surface area contributed by atoms with E-state index >= 15 is 0 Å². The van der Waals surface area contributed by atoms with Crippen LogP contribution in [0.3, 0.4) is 0 Å². The largest absolute Gasteiger partial charge is 0.481 e. The van der Waals surface area contributed by atoms with Gasteiger partial charge in [0.15, 0.2) is 6.10 Å². The number of carbonyl (C=O) groups is 2. The second-order valence-electron chi connectivity index (χ2n) is 7.13. The minimum Gasteiger partial charge on any atom is -0.481 e. The van der Waals surface area contributed by atoms with E-state index in [1.807, 2.05) is 52.0 Å². The standard InChI is InChI=1S/C22H25N3O3/c1-12-9-14(3)17-11-19(23-18(17)10-12)22(27)25-24-21(26)16(5)28-20-8-6-7-13(2)15(20)4/h6-11,16,23H,1-5H3,(H,24,26)(H,25,27). The van der Waals surface area contributed by atoms with Crippen LogP contribution in [0.1, 0.15) is 39.7 Å². The molecule has 1 aromatic heterocycles. The van der Waals surface area contributed by atoms with Crippen molar-refractivity contribution in [2.24, 2.45) is 0 Å². The molecule has 0 saturated heterocycles. The topological polar surface area (TPSA) is 83.2 Å². The lowest BCUT2D eigenvalue weighted by Gasteiger charge is -2.17. The Bertz CT molecular complexity index is 1050. The maximum atomic E-state index is 12.4. The van der Waals surface area contributed by atoms with Crippen molar-refractivity contribution in [3.8, 4) is 5.75 Å². The van der Waals surface area contributed by atoms with E-state index in [0.717, 1.165) is 33.2 Å². The second kappa shape index (κ2) is 7.76. The second-order valence-corrected chi connectivity index (χ2v) is 7.13. The van der Waals surface area contributed by atoms with Gasteiger partial charge in [0, 0.05) is 10.9 Å². The number of hydrogen-bond donors (Lipinski definition) is 3. The molecule has 0 fully saturated rings. The minimum absolute atomic E-state index is 0.382. The smallest absolute Gasteiger partial charge is 0.286 e. The van der Waals surface area contributed by atoms with E-state index in [2.05, 4.69) is 21.9 Å². The van der Waals surface area contributed by atoms with Crippen LogP contribution in [0.25, 0.3) is 10.9 Å². The van der Waals surface area contributed by atoms with Gasteiger partial charge in [-0.15, -0.1) is 0 Å². The van der Waals surface area contributed by atoms with Crippen LogP contribution in [0.4, 0.5) is 0 Å². The first-order valence-electron chi connectivity index (χ1n) is 9.19. The summed E-state index contributed by atoms with van der Waals surface area (Å²) in [5.41, 5.74) is 10.4. The van der Waals surface area contributed by atoms with Gasteiger partial charge in [-0.2, -0.15) is 0 Å². The fourth-order valence-electron chi connectivity index (χ4n) is 3.10. The van der Waals surface area contributed by atoms with E-state index in [-0.39, 0.29) is 0 Å². The van der Waals surface area contributed by atoms with Crippen LogP contribution in [-0.4, -0.2) is 22.9 Å². The predicted molar refractivity (Wildman–Crippen MR) is 109 cm³/mol. The number of carbonyl (C=O) groups excluding carboxylic acids is 2. The first-order chi connectivity index (χ1) is 13.3. The quantitative estimate of drug-likeness (QED) is 0.605. The van der Waals surface area contributed by atoms with Gasteiger partial charge in [-0.1, -0.05) is 18.2 Å². The molecule has 3 rings (SSSR count). The van der Waals surface area contributed by atoms with Gasteiger partial charge in [0.25, 0.3) is 11.8 Å². The van der Waals surface area contributed by atoms with E-state index in [4.69, 9.17) is 4.74 Å². The molecule has 1 atom stereocenters. The first-order valence-corrected chi connectivity index (χ1v) is 9.19. The average Bonchev–Trinajstić information content (AvgIpc) is 3.07. The molecular formula is C22H25N3O3. The fraction of sp³-hybridized carbons (Fsp3) is 0.273. The molecule has 3 N–H and O–H groups in total. The van der Waals surface area contributed by atoms with E-state index in [1.165, 1.54) is 0 Å². The maximum Gasteiger partial charge on any atom is 0.286 e. The number of aromatic nitrogens is 1. The molecule has 0 aliphatic rings. The van der Waals surface area contributed by atoms with E-state index < -0.39 is 17.9 Å². The molecule has 0 aliphatic carbocycles. The Labute approximate surface area is 164 Å². The van der Waals surface area contributed by atoms with Crippen LogP contribution in [0.2, 0.25) is 0 Å². The van der Waals surface area contributed by atoms with Crippen molar-refractivity contribution in [2.45, 2.75) is 40.7 Å². The maximum absolute atomic E-state index is 12.4. The van der Waals surface area contributed by atoms with Gasteiger partial charge in [-0.05, 0) is 75.1 Å². The number of aryl methyl sites for hydroxylation is 3. The summed E-state index contributed by atoms with van der Waals surface area (Å²) in [5, 5.41) is 0.980. The molecular weight excluding hydrogens is 354 g/mol. The molecule has 0 spiro atoms. The summed E-state index contributed by atoms with van der Waals surface area (Å²) in [6.45, 7) is 9.56. The zero-order valence-electron chi connectivity index (χ0n) is 16.8. The van der Waals surface area contributed by atoms with Gasteiger partial charge in [-0.25, -0.2) is 0 Å². The Morgan fingerprint density at radius 2 is 1.75 bits per heavy atom. The molecule has 28 heavy (non-hydrogen) atoms. The number of nitrogens with one attached hydrogen (secondary N) is 3. The summed E-state index contributed by atoms with van der Waals surface area (Å²) < 4.78 is 5.73. The van der Waals surface area contributed by atoms with Gasteiger partial charge >= 0.3 is 0 Å². The van der Waals surface area contributed by atoms with Gasteiger partial charge in [0.1, 0.15) is 11.4 Å². The van der Waals surface area contributed by atoms with Crippen molar-refractivity contribution >= 4 is 22.7 Å². The summed E-state index contributed by atoms with van der Waals surface area (Å²) >= 11 is 0. The van der Waals surface area contributed by atoms with Crippen molar-refractivity contribution in [1.82, 2.24) is 15.8 Å². The zero-order chi connectivity index (χ0) is 20.4. The third kappa shape index (κ3) is 4.01. The van der Waals surface area contributed by atoms with Crippen molar-refractivity contribution in [1.29, 1.82) is 0 Å². The Morgan fingerprint density at radius 1 is 1.00 bits per heavy atom. The van der Waals surface area contributed by atoms with Gasteiger partial charge in [-0.3, -0.25) is 20.4 Å². The number of H-pyrrole nitrogens is 1. The molecule has 0 radical (unpaired) electrons. The van der Waals surface area contributed by atoms with Crippen LogP contribution in [0, 0.1) is 27.7 Å². The number of aromatic amines is 1. The van der Waals surface area contributed by atoms with Crippen LogP contribution in [0.5, 0.6) is 5.75 Å². The Balaban J connectivity index is 1.63.